The Bertz CT molecular complexity index is 1200. The number of rotatable bonds is 9. The van der Waals surface area contributed by atoms with Crippen molar-refractivity contribution in [2.75, 3.05) is 26.5 Å². The van der Waals surface area contributed by atoms with Gasteiger partial charge in [0, 0.05) is 28.4 Å². The van der Waals surface area contributed by atoms with E-state index in [4.69, 9.17) is 4.74 Å². The second-order valence-electron chi connectivity index (χ2n) is 7.07. The first kappa shape index (κ1) is 22.0. The van der Waals surface area contributed by atoms with E-state index in [2.05, 4.69) is 6.58 Å². The summed E-state index contributed by atoms with van der Waals surface area (Å²) in [6.07, 6.45) is 3.18. The van der Waals surface area contributed by atoms with Crippen LogP contribution in [0.1, 0.15) is 0 Å². The molecule has 1 aromatic heterocycles. The largest absolute Gasteiger partial charge is 0.500 e. The third-order valence-electron chi connectivity index (χ3n) is 4.91. The summed E-state index contributed by atoms with van der Waals surface area (Å²) in [5, 5.41) is 12.4. The number of halogens is 1. The number of nitrogens with zero attached hydrogens (tertiary/aromatic N) is 2. The minimum Gasteiger partial charge on any atom is -0.500 e. The number of aliphatic hydroxyl groups is 1. The predicted octanol–water partition coefficient (Wildman–Crippen LogP) is 3.27. The van der Waals surface area contributed by atoms with Crippen molar-refractivity contribution in [1.82, 2.24) is 8.87 Å². The molecule has 1 unspecified atom stereocenters. The summed E-state index contributed by atoms with van der Waals surface area (Å²) in [5.41, 5.74) is 1.61. The Morgan fingerprint density at radius 2 is 1.97 bits per heavy atom. The lowest BCUT2D eigenvalue weighted by Gasteiger charge is -2.24. The third-order valence-corrected chi connectivity index (χ3v) is 6.13. The van der Waals surface area contributed by atoms with Gasteiger partial charge in [-0.25, -0.2) is 12.8 Å². The Balaban J connectivity index is 1.92. The lowest BCUT2D eigenvalue weighted by Crippen LogP contribution is -2.39. The van der Waals surface area contributed by atoms with Gasteiger partial charge in [0.25, 0.3) is 0 Å². The minimum atomic E-state index is -3.59. The van der Waals surface area contributed by atoms with E-state index in [9.17, 15) is 17.9 Å². The van der Waals surface area contributed by atoms with Gasteiger partial charge >= 0.3 is 0 Å². The molecule has 1 N–H and O–H groups in total. The van der Waals surface area contributed by atoms with E-state index in [0.29, 0.717) is 5.76 Å². The lowest BCUT2D eigenvalue weighted by atomic mass is 10.1. The van der Waals surface area contributed by atoms with Gasteiger partial charge in [0.1, 0.15) is 11.6 Å². The van der Waals surface area contributed by atoms with E-state index in [-0.39, 0.29) is 25.5 Å². The average Bonchev–Trinajstić information content (AvgIpc) is 2.99. The van der Waals surface area contributed by atoms with Crippen molar-refractivity contribution in [3.63, 3.8) is 0 Å². The standard InChI is InChI=1S/C22H25FN2O4S/c1-4-7-18(29-2)15-24(30(3,27)28)13-17(26)14-25-21-9-6-5-8-19(21)20-12-16(23)10-11-22(20)25/h4-12,17,26H,1,13-15H2,2-3H3/b18-7-. The van der Waals surface area contributed by atoms with Crippen molar-refractivity contribution in [1.29, 1.82) is 0 Å². The van der Waals surface area contributed by atoms with Crippen LogP contribution in [0.4, 0.5) is 4.39 Å². The molecule has 0 radical (unpaired) electrons. The number of benzene rings is 2. The second-order valence-corrected chi connectivity index (χ2v) is 9.05. The molecule has 0 bridgehead atoms. The quantitative estimate of drug-likeness (QED) is 0.416. The number of hydrogen-bond acceptors (Lipinski definition) is 4. The Morgan fingerprint density at radius 1 is 1.27 bits per heavy atom. The zero-order chi connectivity index (χ0) is 21.9. The Kier molecular flexibility index (Phi) is 6.60. The molecule has 1 atom stereocenters. The first-order valence-electron chi connectivity index (χ1n) is 9.40. The highest BCUT2D eigenvalue weighted by molar-refractivity contribution is 7.88. The van der Waals surface area contributed by atoms with E-state index < -0.39 is 16.1 Å². The summed E-state index contributed by atoms with van der Waals surface area (Å²) in [7, 11) is -2.15. The molecule has 3 aromatic rings. The molecular weight excluding hydrogens is 407 g/mol. The molecule has 0 aliphatic rings. The van der Waals surface area contributed by atoms with Gasteiger partial charge in [-0.15, -0.1) is 0 Å². The van der Waals surface area contributed by atoms with Gasteiger partial charge < -0.3 is 14.4 Å². The fourth-order valence-corrected chi connectivity index (χ4v) is 4.34. The molecule has 0 saturated carbocycles. The Labute approximate surface area is 175 Å². The van der Waals surface area contributed by atoms with E-state index in [1.54, 1.807) is 12.1 Å². The molecule has 0 spiro atoms. The number of sulfonamides is 1. The summed E-state index contributed by atoms with van der Waals surface area (Å²) >= 11 is 0. The van der Waals surface area contributed by atoms with Crippen LogP contribution in [0.25, 0.3) is 21.8 Å². The zero-order valence-electron chi connectivity index (χ0n) is 17.0. The summed E-state index contributed by atoms with van der Waals surface area (Å²) in [6, 6.07) is 12.0. The van der Waals surface area contributed by atoms with Crippen LogP contribution in [-0.2, 0) is 21.3 Å². The normalized spacial score (nSPS) is 13.8. The molecule has 6 nitrogen and oxygen atoms in total. The van der Waals surface area contributed by atoms with Crippen LogP contribution < -0.4 is 0 Å². The number of methoxy groups -OCH3 is 1. The molecule has 30 heavy (non-hydrogen) atoms. The Hall–Kier alpha value is -2.68. The number of para-hydroxylation sites is 1. The first-order valence-corrected chi connectivity index (χ1v) is 11.2. The second kappa shape index (κ2) is 8.99. The van der Waals surface area contributed by atoms with Crippen molar-refractivity contribution < 1.29 is 22.7 Å². The molecule has 160 valence electrons. The topological polar surface area (TPSA) is 71.8 Å². The number of hydrogen-bond donors (Lipinski definition) is 1. The van der Waals surface area contributed by atoms with E-state index in [1.807, 2.05) is 28.8 Å². The molecule has 0 saturated heterocycles. The summed E-state index contributed by atoms with van der Waals surface area (Å²) in [4.78, 5) is 0. The molecule has 3 rings (SSSR count). The van der Waals surface area contributed by atoms with Crippen molar-refractivity contribution in [2.45, 2.75) is 12.6 Å². The molecule has 2 aromatic carbocycles. The first-order chi connectivity index (χ1) is 14.2. The maximum absolute atomic E-state index is 13.8. The maximum atomic E-state index is 13.8. The van der Waals surface area contributed by atoms with Crippen molar-refractivity contribution in [3.8, 4) is 0 Å². The van der Waals surface area contributed by atoms with Crippen molar-refractivity contribution >= 4 is 31.8 Å². The fraction of sp³-hybridized carbons (Fsp3) is 0.273. The highest BCUT2D eigenvalue weighted by Gasteiger charge is 2.23. The van der Waals surface area contributed by atoms with Gasteiger partial charge in [-0.05, 0) is 30.3 Å². The number of aliphatic hydroxyl groups excluding tert-OH is 1. The zero-order valence-corrected chi connectivity index (χ0v) is 17.8. The Morgan fingerprint density at radius 3 is 2.63 bits per heavy atom. The average molecular weight is 433 g/mol. The summed E-state index contributed by atoms with van der Waals surface area (Å²) < 4.78 is 46.5. The van der Waals surface area contributed by atoms with Gasteiger partial charge in [-0.1, -0.05) is 30.9 Å². The summed E-state index contributed by atoms with van der Waals surface area (Å²) in [6.45, 7) is 3.60. The summed E-state index contributed by atoms with van der Waals surface area (Å²) in [5.74, 6) is 0.0743. The minimum absolute atomic E-state index is 0.0171. The van der Waals surface area contributed by atoms with E-state index in [0.717, 1.165) is 32.4 Å². The number of aromatic nitrogens is 1. The van der Waals surface area contributed by atoms with Crippen LogP contribution in [0.2, 0.25) is 0 Å². The van der Waals surface area contributed by atoms with Crippen molar-refractivity contribution in [3.05, 3.63) is 72.8 Å². The number of allylic oxidation sites excluding steroid dienone is 2. The molecule has 0 aliphatic heterocycles. The molecule has 1 heterocycles. The lowest BCUT2D eigenvalue weighted by molar-refractivity contribution is 0.127. The maximum Gasteiger partial charge on any atom is 0.211 e. The fourth-order valence-electron chi connectivity index (χ4n) is 3.53. The molecule has 0 fully saturated rings. The molecular formula is C22H25FN2O4S. The van der Waals surface area contributed by atoms with Crippen LogP contribution in [-0.4, -0.2) is 55.0 Å². The smallest absolute Gasteiger partial charge is 0.211 e. The number of ether oxygens (including phenoxy) is 1. The SMILES string of the molecule is C=C/C=C(/CN(CC(O)Cn1c2ccccc2c2cc(F)ccc21)S(C)(=O)=O)OC. The molecule has 0 amide bonds. The molecule has 8 heteroatoms. The van der Waals surface area contributed by atoms with Crippen LogP contribution in [0.3, 0.4) is 0 Å². The van der Waals surface area contributed by atoms with Gasteiger partial charge in [0.2, 0.25) is 10.0 Å². The van der Waals surface area contributed by atoms with Crippen LogP contribution >= 0.6 is 0 Å². The van der Waals surface area contributed by atoms with Crippen LogP contribution in [0.5, 0.6) is 0 Å². The molecule has 0 aliphatic carbocycles. The van der Waals surface area contributed by atoms with Gasteiger partial charge in [0.05, 0.1) is 32.6 Å². The van der Waals surface area contributed by atoms with E-state index in [1.165, 1.54) is 25.3 Å². The van der Waals surface area contributed by atoms with Crippen molar-refractivity contribution in [2.24, 2.45) is 0 Å². The predicted molar refractivity (Wildman–Crippen MR) is 117 cm³/mol. The van der Waals surface area contributed by atoms with E-state index >= 15 is 0 Å². The van der Waals surface area contributed by atoms with Crippen LogP contribution in [0.15, 0.2) is 67.0 Å². The van der Waals surface area contributed by atoms with Gasteiger partial charge in [-0.2, -0.15) is 4.31 Å². The monoisotopic (exact) mass is 432 g/mol. The highest BCUT2D eigenvalue weighted by atomic mass is 32.2. The number of fused-ring (bicyclic) bond motifs is 3. The van der Waals surface area contributed by atoms with Crippen LogP contribution in [0, 0.1) is 5.82 Å². The third kappa shape index (κ3) is 4.72. The van der Waals surface area contributed by atoms with Gasteiger partial charge in [0.15, 0.2) is 0 Å². The highest BCUT2D eigenvalue weighted by Crippen LogP contribution is 2.29. The van der Waals surface area contributed by atoms with Gasteiger partial charge in [-0.3, -0.25) is 0 Å².